The molecule has 2 rings (SSSR count). The standard InChI is InChI=1S/C16H21NO3/c1-16(2,3)12-6-4-5-7-13(12)17-10-11(15(19)20)8-9-14(17)18/h4-7,11H,8-10H2,1-3H3,(H,19,20). The van der Waals surface area contributed by atoms with Crippen LogP contribution in [0.2, 0.25) is 0 Å². The zero-order valence-electron chi connectivity index (χ0n) is 12.2. The Labute approximate surface area is 119 Å². The molecular formula is C16H21NO3. The number of carbonyl (C=O) groups is 2. The minimum atomic E-state index is -0.823. The average molecular weight is 275 g/mol. The van der Waals surface area contributed by atoms with Gasteiger partial charge in [0.15, 0.2) is 0 Å². The van der Waals surface area contributed by atoms with E-state index in [0.717, 1.165) is 11.3 Å². The highest BCUT2D eigenvalue weighted by Crippen LogP contribution is 2.34. The molecule has 0 bridgehead atoms. The second-order valence-electron chi connectivity index (χ2n) is 6.35. The van der Waals surface area contributed by atoms with Gasteiger partial charge < -0.3 is 10.0 Å². The van der Waals surface area contributed by atoms with Crippen LogP contribution in [-0.2, 0) is 15.0 Å². The summed E-state index contributed by atoms with van der Waals surface area (Å²) >= 11 is 0. The summed E-state index contributed by atoms with van der Waals surface area (Å²) < 4.78 is 0. The van der Waals surface area contributed by atoms with Gasteiger partial charge in [0.1, 0.15) is 0 Å². The van der Waals surface area contributed by atoms with Crippen molar-refractivity contribution in [1.82, 2.24) is 0 Å². The minimum absolute atomic E-state index is 0.0131. The molecular weight excluding hydrogens is 254 g/mol. The van der Waals surface area contributed by atoms with Crippen molar-refractivity contribution in [3.05, 3.63) is 29.8 Å². The Morgan fingerprint density at radius 2 is 1.95 bits per heavy atom. The van der Waals surface area contributed by atoms with Crippen LogP contribution >= 0.6 is 0 Å². The molecule has 1 atom stereocenters. The highest BCUT2D eigenvalue weighted by Gasteiger charge is 2.33. The molecule has 1 unspecified atom stereocenters. The number of benzene rings is 1. The maximum atomic E-state index is 12.2. The Hall–Kier alpha value is -1.84. The van der Waals surface area contributed by atoms with Gasteiger partial charge in [0, 0.05) is 18.7 Å². The van der Waals surface area contributed by atoms with Gasteiger partial charge in [-0.2, -0.15) is 0 Å². The van der Waals surface area contributed by atoms with Crippen LogP contribution in [0.1, 0.15) is 39.2 Å². The molecule has 1 aliphatic heterocycles. The summed E-state index contributed by atoms with van der Waals surface area (Å²) in [6.45, 7) is 6.54. The first-order valence-corrected chi connectivity index (χ1v) is 6.93. The normalized spacial score (nSPS) is 20.1. The first kappa shape index (κ1) is 14.6. The van der Waals surface area contributed by atoms with Gasteiger partial charge in [-0.15, -0.1) is 0 Å². The van der Waals surface area contributed by atoms with E-state index in [0.29, 0.717) is 12.8 Å². The van der Waals surface area contributed by atoms with Crippen molar-refractivity contribution in [2.24, 2.45) is 5.92 Å². The fraction of sp³-hybridized carbons (Fsp3) is 0.500. The number of amides is 1. The van der Waals surface area contributed by atoms with Crippen molar-refractivity contribution in [1.29, 1.82) is 0 Å². The number of carboxylic acids is 1. The molecule has 1 N–H and O–H groups in total. The topological polar surface area (TPSA) is 57.6 Å². The third kappa shape index (κ3) is 2.84. The number of para-hydroxylation sites is 1. The zero-order valence-corrected chi connectivity index (χ0v) is 12.2. The van der Waals surface area contributed by atoms with Gasteiger partial charge in [-0.1, -0.05) is 39.0 Å². The molecule has 0 saturated carbocycles. The second-order valence-corrected chi connectivity index (χ2v) is 6.35. The van der Waals surface area contributed by atoms with Crippen molar-refractivity contribution in [3.63, 3.8) is 0 Å². The number of carbonyl (C=O) groups excluding carboxylic acids is 1. The van der Waals surface area contributed by atoms with Crippen LogP contribution in [0.25, 0.3) is 0 Å². The lowest BCUT2D eigenvalue weighted by atomic mass is 9.84. The van der Waals surface area contributed by atoms with E-state index in [1.165, 1.54) is 0 Å². The monoisotopic (exact) mass is 275 g/mol. The molecule has 1 aliphatic rings. The molecule has 1 saturated heterocycles. The molecule has 108 valence electrons. The summed E-state index contributed by atoms with van der Waals surface area (Å²) in [7, 11) is 0. The summed E-state index contributed by atoms with van der Waals surface area (Å²) in [6.07, 6.45) is 0.734. The second kappa shape index (κ2) is 5.27. The van der Waals surface area contributed by atoms with Crippen molar-refractivity contribution in [3.8, 4) is 0 Å². The van der Waals surface area contributed by atoms with E-state index < -0.39 is 11.9 Å². The lowest BCUT2D eigenvalue weighted by molar-refractivity contribution is -0.142. The first-order chi connectivity index (χ1) is 9.30. The number of anilines is 1. The zero-order chi connectivity index (χ0) is 14.9. The van der Waals surface area contributed by atoms with Crippen molar-refractivity contribution < 1.29 is 14.7 Å². The van der Waals surface area contributed by atoms with E-state index in [2.05, 4.69) is 20.8 Å². The van der Waals surface area contributed by atoms with E-state index in [4.69, 9.17) is 0 Å². The quantitative estimate of drug-likeness (QED) is 0.903. The fourth-order valence-electron chi connectivity index (χ4n) is 2.62. The molecule has 1 aromatic carbocycles. The lowest BCUT2D eigenvalue weighted by Crippen LogP contribution is -2.43. The van der Waals surface area contributed by atoms with E-state index in [-0.39, 0.29) is 17.9 Å². The molecule has 0 aromatic heterocycles. The highest BCUT2D eigenvalue weighted by atomic mass is 16.4. The number of nitrogens with zero attached hydrogens (tertiary/aromatic N) is 1. The number of rotatable bonds is 2. The molecule has 1 aromatic rings. The lowest BCUT2D eigenvalue weighted by Gasteiger charge is -2.34. The number of carboxylic acid groups (broad SMARTS) is 1. The van der Waals surface area contributed by atoms with Gasteiger partial charge in [-0.3, -0.25) is 9.59 Å². The number of hydrogen-bond donors (Lipinski definition) is 1. The molecule has 0 spiro atoms. The van der Waals surface area contributed by atoms with E-state index >= 15 is 0 Å². The molecule has 0 radical (unpaired) electrons. The maximum absolute atomic E-state index is 12.2. The predicted octanol–water partition coefficient (Wildman–Crippen LogP) is 2.81. The van der Waals surface area contributed by atoms with Gasteiger partial charge in [0.2, 0.25) is 5.91 Å². The van der Waals surface area contributed by atoms with Crippen LogP contribution < -0.4 is 4.90 Å². The largest absolute Gasteiger partial charge is 0.481 e. The van der Waals surface area contributed by atoms with E-state index in [9.17, 15) is 14.7 Å². The van der Waals surface area contributed by atoms with E-state index in [1.807, 2.05) is 24.3 Å². The van der Waals surface area contributed by atoms with Gasteiger partial charge in [-0.05, 0) is 23.5 Å². The number of piperidine rings is 1. The van der Waals surface area contributed by atoms with Gasteiger partial charge in [0.05, 0.1) is 5.92 Å². The van der Waals surface area contributed by atoms with Crippen LogP contribution in [-0.4, -0.2) is 23.5 Å². The maximum Gasteiger partial charge on any atom is 0.308 e. The first-order valence-electron chi connectivity index (χ1n) is 6.93. The highest BCUT2D eigenvalue weighted by molar-refractivity contribution is 5.96. The summed E-state index contributed by atoms with van der Waals surface area (Å²) in [5, 5.41) is 9.18. The number of aliphatic carboxylic acids is 1. The molecule has 1 heterocycles. The Morgan fingerprint density at radius 1 is 1.30 bits per heavy atom. The SMILES string of the molecule is CC(C)(C)c1ccccc1N1CC(C(=O)O)CCC1=O. The van der Waals surface area contributed by atoms with Crippen LogP contribution in [0.15, 0.2) is 24.3 Å². The van der Waals surface area contributed by atoms with Crippen LogP contribution in [0.3, 0.4) is 0 Å². The average Bonchev–Trinajstić information content (AvgIpc) is 2.38. The smallest absolute Gasteiger partial charge is 0.308 e. The molecule has 4 nitrogen and oxygen atoms in total. The molecule has 1 fully saturated rings. The molecule has 1 amide bonds. The van der Waals surface area contributed by atoms with Crippen LogP contribution in [0.5, 0.6) is 0 Å². The van der Waals surface area contributed by atoms with Crippen molar-refractivity contribution >= 4 is 17.6 Å². The van der Waals surface area contributed by atoms with Gasteiger partial charge >= 0.3 is 5.97 Å². The molecule has 20 heavy (non-hydrogen) atoms. The third-order valence-electron chi connectivity index (χ3n) is 3.76. The summed E-state index contributed by atoms with van der Waals surface area (Å²) in [6, 6.07) is 7.76. The fourth-order valence-corrected chi connectivity index (χ4v) is 2.62. The Balaban J connectivity index is 2.39. The van der Waals surface area contributed by atoms with Crippen molar-refractivity contribution in [2.75, 3.05) is 11.4 Å². The summed E-state index contributed by atoms with van der Waals surface area (Å²) in [5.74, 6) is -1.28. The Morgan fingerprint density at radius 3 is 2.55 bits per heavy atom. The Bertz CT molecular complexity index is 531. The summed E-state index contributed by atoms with van der Waals surface area (Å²) in [5.41, 5.74) is 1.82. The van der Waals surface area contributed by atoms with Gasteiger partial charge in [-0.25, -0.2) is 0 Å². The molecule has 4 heteroatoms. The van der Waals surface area contributed by atoms with Crippen LogP contribution in [0, 0.1) is 5.92 Å². The Kier molecular flexibility index (Phi) is 3.84. The van der Waals surface area contributed by atoms with Crippen molar-refractivity contribution in [2.45, 2.75) is 39.0 Å². The van der Waals surface area contributed by atoms with Gasteiger partial charge in [0.25, 0.3) is 0 Å². The van der Waals surface area contributed by atoms with E-state index in [1.54, 1.807) is 4.90 Å². The predicted molar refractivity (Wildman–Crippen MR) is 77.9 cm³/mol. The van der Waals surface area contributed by atoms with Crippen LogP contribution in [0.4, 0.5) is 5.69 Å². The minimum Gasteiger partial charge on any atom is -0.481 e. The number of hydrogen-bond acceptors (Lipinski definition) is 2. The summed E-state index contributed by atoms with van der Waals surface area (Å²) in [4.78, 5) is 25.0. The third-order valence-corrected chi connectivity index (χ3v) is 3.76. The molecule has 0 aliphatic carbocycles.